The molecule has 0 aromatic rings. The lowest BCUT2D eigenvalue weighted by molar-refractivity contribution is -0.137. The van der Waals surface area contributed by atoms with Gasteiger partial charge in [0.05, 0.1) is 0 Å². The Bertz CT molecular complexity index is 221. The van der Waals surface area contributed by atoms with Gasteiger partial charge in [-0.3, -0.25) is 9.59 Å². The monoisotopic (exact) mass is 226 g/mol. The minimum atomic E-state index is -0.706. The van der Waals surface area contributed by atoms with Crippen molar-refractivity contribution in [3.63, 3.8) is 0 Å². The molecule has 0 aliphatic heterocycles. The van der Waals surface area contributed by atoms with Crippen LogP contribution in [0.25, 0.3) is 0 Å². The van der Waals surface area contributed by atoms with E-state index < -0.39 is 5.97 Å². The first-order valence-corrected chi connectivity index (χ1v) is 6.04. The van der Waals surface area contributed by atoms with Crippen LogP contribution in [0.5, 0.6) is 0 Å². The fourth-order valence-corrected chi connectivity index (χ4v) is 1.56. The Morgan fingerprint density at radius 2 is 1.31 bits per heavy atom. The highest BCUT2D eigenvalue weighted by atomic mass is 16.4. The number of rotatable bonds is 11. The molecule has 3 heteroatoms. The van der Waals surface area contributed by atoms with E-state index in [1.54, 1.807) is 0 Å². The molecule has 1 N–H and O–H groups in total. The van der Waals surface area contributed by atoms with Crippen molar-refractivity contribution in [2.45, 2.75) is 57.8 Å². The van der Waals surface area contributed by atoms with Gasteiger partial charge in [-0.05, 0) is 18.9 Å². The van der Waals surface area contributed by atoms with Crippen LogP contribution in [-0.2, 0) is 9.59 Å². The number of allylic oxidation sites excluding steroid dienone is 1. The lowest BCUT2D eigenvalue weighted by atomic mass is 10.1. The lowest BCUT2D eigenvalue weighted by Gasteiger charge is -2.00. The van der Waals surface area contributed by atoms with E-state index in [4.69, 9.17) is 5.11 Å². The van der Waals surface area contributed by atoms with Gasteiger partial charge in [0.2, 0.25) is 0 Å². The Morgan fingerprint density at radius 1 is 0.875 bits per heavy atom. The number of aliphatic carboxylic acids is 1. The third kappa shape index (κ3) is 11.0. The minimum absolute atomic E-state index is 0.126. The Balaban J connectivity index is 3.07. The summed E-state index contributed by atoms with van der Waals surface area (Å²) in [6, 6.07) is 0. The summed E-state index contributed by atoms with van der Waals surface area (Å²) in [4.78, 5) is 21.1. The van der Waals surface area contributed by atoms with E-state index in [1.807, 2.05) is 0 Å². The molecule has 0 aromatic carbocycles. The molecule has 0 amide bonds. The highest BCUT2D eigenvalue weighted by molar-refractivity contribution is 5.88. The second-order valence-electron chi connectivity index (χ2n) is 4.04. The second-order valence-corrected chi connectivity index (χ2v) is 4.04. The van der Waals surface area contributed by atoms with Crippen molar-refractivity contribution in [2.24, 2.45) is 0 Å². The van der Waals surface area contributed by atoms with Crippen LogP contribution >= 0.6 is 0 Å². The van der Waals surface area contributed by atoms with Crippen LogP contribution in [0.2, 0.25) is 0 Å². The van der Waals surface area contributed by atoms with Gasteiger partial charge in [0.1, 0.15) is 0 Å². The molecule has 0 saturated carbocycles. The van der Waals surface area contributed by atoms with Gasteiger partial charge < -0.3 is 5.11 Å². The molecule has 0 bridgehead atoms. The number of unbranched alkanes of at least 4 members (excludes halogenated alkanes) is 6. The molecule has 0 heterocycles. The van der Waals surface area contributed by atoms with Crippen LogP contribution in [0.1, 0.15) is 57.8 Å². The molecule has 0 radical (unpaired) electrons. The molecule has 0 unspecified atom stereocenters. The molecule has 16 heavy (non-hydrogen) atoms. The van der Waals surface area contributed by atoms with E-state index in [2.05, 4.69) is 6.58 Å². The topological polar surface area (TPSA) is 54.4 Å². The predicted octanol–water partition coefficient (Wildman–Crippen LogP) is 3.34. The Hall–Kier alpha value is -1.12. The minimum Gasteiger partial charge on any atom is -0.481 e. The maximum atomic E-state index is 10.9. The third-order valence-electron chi connectivity index (χ3n) is 2.54. The average molecular weight is 226 g/mol. The fraction of sp³-hybridized carbons (Fsp3) is 0.692. The quantitative estimate of drug-likeness (QED) is 0.434. The first kappa shape index (κ1) is 14.9. The van der Waals surface area contributed by atoms with E-state index in [-0.39, 0.29) is 12.2 Å². The van der Waals surface area contributed by atoms with Crippen LogP contribution in [0.3, 0.4) is 0 Å². The summed E-state index contributed by atoms with van der Waals surface area (Å²) in [6.07, 6.45) is 9.46. The first-order valence-electron chi connectivity index (χ1n) is 6.04. The number of ketones is 1. The summed E-state index contributed by atoms with van der Waals surface area (Å²) in [7, 11) is 0. The number of carbonyl (C=O) groups is 2. The van der Waals surface area contributed by atoms with Crippen molar-refractivity contribution < 1.29 is 14.7 Å². The SMILES string of the molecule is C=CC(=O)CCCCCCCCCC(=O)O. The lowest BCUT2D eigenvalue weighted by Crippen LogP contribution is -1.93. The molecule has 0 aliphatic rings. The molecule has 0 aliphatic carbocycles. The molecule has 0 spiro atoms. The molecule has 0 saturated heterocycles. The van der Waals surface area contributed by atoms with Gasteiger partial charge in [-0.1, -0.05) is 38.7 Å². The standard InChI is InChI=1S/C13H22O3/c1-2-12(14)10-8-6-4-3-5-7-9-11-13(15)16/h2H,1,3-11H2,(H,15,16). The number of carboxylic acids is 1. The van der Waals surface area contributed by atoms with Crippen LogP contribution in [-0.4, -0.2) is 16.9 Å². The van der Waals surface area contributed by atoms with Crippen LogP contribution < -0.4 is 0 Å². The van der Waals surface area contributed by atoms with Gasteiger partial charge in [0.15, 0.2) is 5.78 Å². The zero-order valence-electron chi connectivity index (χ0n) is 9.91. The van der Waals surface area contributed by atoms with Crippen molar-refractivity contribution in [3.05, 3.63) is 12.7 Å². The van der Waals surface area contributed by atoms with Crippen molar-refractivity contribution in [1.82, 2.24) is 0 Å². The normalized spacial score (nSPS) is 10.0. The van der Waals surface area contributed by atoms with Gasteiger partial charge in [-0.15, -0.1) is 0 Å². The number of hydrogen-bond donors (Lipinski definition) is 1. The van der Waals surface area contributed by atoms with Gasteiger partial charge in [0.25, 0.3) is 0 Å². The molecule has 92 valence electrons. The first-order chi connectivity index (χ1) is 7.66. The summed E-state index contributed by atoms with van der Waals surface area (Å²) in [6.45, 7) is 3.43. The van der Waals surface area contributed by atoms with E-state index in [1.165, 1.54) is 6.08 Å². The van der Waals surface area contributed by atoms with Gasteiger partial charge in [-0.2, -0.15) is 0 Å². The van der Waals surface area contributed by atoms with E-state index >= 15 is 0 Å². The van der Waals surface area contributed by atoms with Crippen molar-refractivity contribution in [3.8, 4) is 0 Å². The van der Waals surface area contributed by atoms with Crippen molar-refractivity contribution in [1.29, 1.82) is 0 Å². The number of hydrogen-bond acceptors (Lipinski definition) is 2. The molecular weight excluding hydrogens is 204 g/mol. The van der Waals surface area contributed by atoms with Gasteiger partial charge in [0, 0.05) is 12.8 Å². The van der Waals surface area contributed by atoms with Gasteiger partial charge >= 0.3 is 5.97 Å². The summed E-state index contributed by atoms with van der Waals surface area (Å²) < 4.78 is 0. The number of carbonyl (C=O) groups excluding carboxylic acids is 1. The maximum absolute atomic E-state index is 10.9. The van der Waals surface area contributed by atoms with Crippen molar-refractivity contribution >= 4 is 11.8 Å². The summed E-state index contributed by atoms with van der Waals surface area (Å²) >= 11 is 0. The molecule has 0 atom stereocenters. The number of carboxylic acid groups (broad SMARTS) is 1. The second kappa shape index (κ2) is 10.4. The largest absolute Gasteiger partial charge is 0.481 e. The van der Waals surface area contributed by atoms with Gasteiger partial charge in [-0.25, -0.2) is 0 Å². The summed E-state index contributed by atoms with van der Waals surface area (Å²) in [5.41, 5.74) is 0. The Labute approximate surface area is 97.5 Å². The average Bonchev–Trinajstić information content (AvgIpc) is 2.26. The highest BCUT2D eigenvalue weighted by Crippen LogP contribution is 2.09. The van der Waals surface area contributed by atoms with E-state index in [0.717, 1.165) is 44.9 Å². The smallest absolute Gasteiger partial charge is 0.303 e. The Kier molecular flexibility index (Phi) is 9.67. The summed E-state index contributed by atoms with van der Waals surface area (Å²) in [5.74, 6) is -0.579. The van der Waals surface area contributed by atoms with Crippen LogP contribution in [0.15, 0.2) is 12.7 Å². The zero-order chi connectivity index (χ0) is 12.2. The fourth-order valence-electron chi connectivity index (χ4n) is 1.56. The molecule has 3 nitrogen and oxygen atoms in total. The highest BCUT2D eigenvalue weighted by Gasteiger charge is 1.97. The molecule has 0 fully saturated rings. The van der Waals surface area contributed by atoms with E-state index in [9.17, 15) is 9.59 Å². The molecule has 0 rings (SSSR count). The Morgan fingerprint density at radius 3 is 1.75 bits per heavy atom. The van der Waals surface area contributed by atoms with E-state index in [0.29, 0.717) is 6.42 Å². The van der Waals surface area contributed by atoms with Crippen LogP contribution in [0, 0.1) is 0 Å². The zero-order valence-corrected chi connectivity index (χ0v) is 9.91. The van der Waals surface area contributed by atoms with Crippen molar-refractivity contribution in [2.75, 3.05) is 0 Å². The predicted molar refractivity (Wildman–Crippen MR) is 64.4 cm³/mol. The molecular formula is C13H22O3. The molecule has 0 aromatic heterocycles. The van der Waals surface area contributed by atoms with Crippen LogP contribution in [0.4, 0.5) is 0 Å². The summed E-state index contributed by atoms with van der Waals surface area (Å²) in [5, 5.41) is 8.42. The third-order valence-corrected chi connectivity index (χ3v) is 2.54. The maximum Gasteiger partial charge on any atom is 0.303 e.